The summed E-state index contributed by atoms with van der Waals surface area (Å²) in [6.45, 7) is 4.54. The maximum Gasteiger partial charge on any atom is 0.330 e. The second-order valence-corrected chi connectivity index (χ2v) is 3.53. The van der Waals surface area contributed by atoms with Gasteiger partial charge in [0.2, 0.25) is 0 Å². The van der Waals surface area contributed by atoms with Gasteiger partial charge < -0.3 is 26.7 Å². The summed E-state index contributed by atoms with van der Waals surface area (Å²) < 4.78 is 5.30. The molecule has 0 aromatic heterocycles. The monoisotopic (exact) mass is 223 g/mol. The quantitative estimate of drug-likeness (QED) is 0.173. The number of nitrogens with zero attached hydrogens (tertiary/aromatic N) is 1. The van der Waals surface area contributed by atoms with Gasteiger partial charge in [-0.05, 0) is 0 Å². The highest BCUT2D eigenvalue weighted by molar-refractivity contribution is 5.81. The fourth-order valence-corrected chi connectivity index (χ4v) is 0.795. The van der Waals surface area contributed by atoms with Gasteiger partial charge in [0.15, 0.2) is 6.73 Å². The molecule has 0 amide bonds. The van der Waals surface area contributed by atoms with Crippen molar-refractivity contribution in [1.29, 1.82) is 0 Å². The SMILES string of the molecule is C=CC(=O)OCCC[N+](C)(C)CO.[Cl-]. The minimum Gasteiger partial charge on any atom is -1.00 e. The van der Waals surface area contributed by atoms with Crippen molar-refractivity contribution in [3.8, 4) is 0 Å². The molecule has 0 atom stereocenters. The summed E-state index contributed by atoms with van der Waals surface area (Å²) in [5.41, 5.74) is 0. The van der Waals surface area contributed by atoms with Crippen LogP contribution in [0.2, 0.25) is 0 Å². The lowest BCUT2D eigenvalue weighted by molar-refractivity contribution is -0.909. The summed E-state index contributed by atoms with van der Waals surface area (Å²) in [4.78, 5) is 10.6. The number of quaternary nitrogens is 1. The molecular formula is C9H18ClNO3. The van der Waals surface area contributed by atoms with Gasteiger partial charge in [-0.15, -0.1) is 0 Å². The van der Waals surface area contributed by atoms with Crippen molar-refractivity contribution in [2.75, 3.05) is 34.0 Å². The van der Waals surface area contributed by atoms with Gasteiger partial charge in [-0.2, -0.15) is 0 Å². The second kappa shape index (κ2) is 7.79. The Morgan fingerprint density at radius 1 is 1.57 bits per heavy atom. The number of rotatable bonds is 6. The fourth-order valence-electron chi connectivity index (χ4n) is 0.795. The summed E-state index contributed by atoms with van der Waals surface area (Å²) in [5.74, 6) is -0.394. The van der Waals surface area contributed by atoms with E-state index in [4.69, 9.17) is 9.84 Å². The summed E-state index contributed by atoms with van der Waals surface area (Å²) in [5, 5.41) is 8.90. The number of hydrogen-bond acceptors (Lipinski definition) is 3. The molecule has 84 valence electrons. The number of carbonyl (C=O) groups is 1. The lowest BCUT2D eigenvalue weighted by Crippen LogP contribution is -3.00. The lowest BCUT2D eigenvalue weighted by atomic mass is 10.4. The van der Waals surface area contributed by atoms with Crippen LogP contribution in [0.15, 0.2) is 12.7 Å². The van der Waals surface area contributed by atoms with Gasteiger partial charge >= 0.3 is 5.97 Å². The molecule has 0 unspecified atom stereocenters. The van der Waals surface area contributed by atoms with Crippen molar-refractivity contribution < 1.29 is 31.5 Å². The molecule has 14 heavy (non-hydrogen) atoms. The predicted octanol–water partition coefficient (Wildman–Crippen LogP) is -2.86. The summed E-state index contributed by atoms with van der Waals surface area (Å²) in [6.07, 6.45) is 1.89. The van der Waals surface area contributed by atoms with Crippen LogP contribution in [0.5, 0.6) is 0 Å². The van der Waals surface area contributed by atoms with Gasteiger partial charge in [0, 0.05) is 12.5 Å². The Balaban J connectivity index is 0. The van der Waals surface area contributed by atoms with Crippen molar-refractivity contribution in [3.63, 3.8) is 0 Å². The van der Waals surface area contributed by atoms with E-state index in [0.717, 1.165) is 19.0 Å². The van der Waals surface area contributed by atoms with Gasteiger partial charge in [-0.3, -0.25) is 0 Å². The Morgan fingerprint density at radius 3 is 2.57 bits per heavy atom. The van der Waals surface area contributed by atoms with Crippen LogP contribution in [-0.2, 0) is 9.53 Å². The smallest absolute Gasteiger partial charge is 0.330 e. The highest BCUT2D eigenvalue weighted by Crippen LogP contribution is 1.97. The van der Waals surface area contributed by atoms with Gasteiger partial charge in [0.1, 0.15) is 0 Å². The lowest BCUT2D eigenvalue weighted by Gasteiger charge is -2.26. The summed E-state index contributed by atoms with van der Waals surface area (Å²) in [6, 6.07) is 0. The Kier molecular flexibility index (Phi) is 8.83. The number of aliphatic hydroxyl groups excluding tert-OH is 1. The highest BCUT2D eigenvalue weighted by Gasteiger charge is 2.11. The van der Waals surface area contributed by atoms with Crippen LogP contribution in [0.4, 0.5) is 0 Å². The molecule has 0 aliphatic carbocycles. The third kappa shape index (κ3) is 8.04. The first-order valence-corrected chi connectivity index (χ1v) is 4.24. The topological polar surface area (TPSA) is 46.5 Å². The van der Waals surface area contributed by atoms with Crippen LogP contribution in [0.3, 0.4) is 0 Å². The molecule has 0 aromatic rings. The van der Waals surface area contributed by atoms with Crippen LogP contribution >= 0.6 is 0 Å². The number of ether oxygens (including phenoxy) is 1. The van der Waals surface area contributed by atoms with E-state index in [9.17, 15) is 4.79 Å². The van der Waals surface area contributed by atoms with Crippen LogP contribution in [0.25, 0.3) is 0 Å². The summed E-state index contributed by atoms with van der Waals surface area (Å²) >= 11 is 0. The average molecular weight is 224 g/mol. The number of halogens is 1. The number of aliphatic hydroxyl groups is 1. The molecule has 0 saturated heterocycles. The number of esters is 1. The van der Waals surface area contributed by atoms with E-state index in [2.05, 4.69) is 6.58 Å². The van der Waals surface area contributed by atoms with Crippen LogP contribution in [0, 0.1) is 0 Å². The molecule has 0 aliphatic rings. The molecule has 5 heteroatoms. The number of hydrogen-bond donors (Lipinski definition) is 1. The maximum absolute atomic E-state index is 10.6. The van der Waals surface area contributed by atoms with Crippen LogP contribution < -0.4 is 12.4 Å². The Hall–Kier alpha value is -0.580. The van der Waals surface area contributed by atoms with Crippen molar-refractivity contribution >= 4 is 5.97 Å². The van der Waals surface area contributed by atoms with E-state index >= 15 is 0 Å². The Bertz CT molecular complexity index is 183. The molecule has 0 spiro atoms. The minimum atomic E-state index is -0.394. The summed E-state index contributed by atoms with van der Waals surface area (Å²) in [7, 11) is 3.82. The van der Waals surface area contributed by atoms with Gasteiger partial charge in [-0.1, -0.05) is 6.58 Å². The van der Waals surface area contributed by atoms with E-state index in [1.807, 2.05) is 14.1 Å². The van der Waals surface area contributed by atoms with E-state index < -0.39 is 5.97 Å². The number of carbonyl (C=O) groups excluding carboxylic acids is 1. The van der Waals surface area contributed by atoms with Crippen molar-refractivity contribution in [2.45, 2.75) is 6.42 Å². The first-order chi connectivity index (χ1) is 6.02. The third-order valence-corrected chi connectivity index (χ3v) is 1.70. The van der Waals surface area contributed by atoms with Gasteiger partial charge in [-0.25, -0.2) is 4.79 Å². The van der Waals surface area contributed by atoms with Gasteiger partial charge in [0.05, 0.1) is 27.2 Å². The molecule has 0 fully saturated rings. The maximum atomic E-state index is 10.6. The average Bonchev–Trinajstić information content (AvgIpc) is 2.12. The molecular weight excluding hydrogens is 206 g/mol. The van der Waals surface area contributed by atoms with Gasteiger partial charge in [0.25, 0.3) is 0 Å². The Morgan fingerprint density at radius 2 is 2.14 bits per heavy atom. The normalized spacial score (nSPS) is 10.2. The zero-order valence-electron chi connectivity index (χ0n) is 8.70. The molecule has 0 aliphatic heterocycles. The molecule has 0 saturated carbocycles. The van der Waals surface area contributed by atoms with Crippen molar-refractivity contribution in [2.24, 2.45) is 0 Å². The molecule has 0 heterocycles. The van der Waals surface area contributed by atoms with E-state index in [1.165, 1.54) is 0 Å². The molecule has 0 aromatic carbocycles. The first kappa shape index (κ1) is 15.9. The molecule has 1 N–H and O–H groups in total. The minimum absolute atomic E-state index is 0. The largest absolute Gasteiger partial charge is 1.00 e. The Labute approximate surface area is 91.2 Å². The van der Waals surface area contributed by atoms with Crippen molar-refractivity contribution in [3.05, 3.63) is 12.7 Å². The van der Waals surface area contributed by atoms with Crippen molar-refractivity contribution in [1.82, 2.24) is 0 Å². The molecule has 0 radical (unpaired) electrons. The van der Waals surface area contributed by atoms with E-state index in [-0.39, 0.29) is 19.1 Å². The van der Waals surface area contributed by atoms with Crippen LogP contribution in [-0.4, -0.2) is 49.5 Å². The van der Waals surface area contributed by atoms with E-state index in [1.54, 1.807) is 0 Å². The highest BCUT2D eigenvalue weighted by atomic mass is 35.5. The zero-order valence-corrected chi connectivity index (χ0v) is 9.46. The molecule has 0 rings (SSSR count). The molecule has 4 nitrogen and oxygen atoms in total. The predicted molar refractivity (Wildman–Crippen MR) is 49.8 cm³/mol. The zero-order chi connectivity index (χ0) is 10.3. The third-order valence-electron chi connectivity index (χ3n) is 1.70. The van der Waals surface area contributed by atoms with E-state index in [0.29, 0.717) is 11.1 Å². The first-order valence-electron chi connectivity index (χ1n) is 4.24. The standard InChI is InChI=1S/C9H18NO3.ClH/c1-4-9(12)13-7-5-6-10(2,3)8-11;/h4,11H,1,5-8H2,2-3H3;1H/q+1;/p-1. The molecule has 0 bridgehead atoms. The van der Waals surface area contributed by atoms with Crippen LogP contribution in [0.1, 0.15) is 6.42 Å². The second-order valence-electron chi connectivity index (χ2n) is 3.53. The fraction of sp³-hybridized carbons (Fsp3) is 0.667.